The number of amides is 1. The summed E-state index contributed by atoms with van der Waals surface area (Å²) in [6, 6.07) is 5.53. The molecule has 1 fully saturated rings. The monoisotopic (exact) mass is 372 g/mol. The molecule has 1 saturated heterocycles. The molecule has 1 aromatic heterocycles. The lowest BCUT2D eigenvalue weighted by Crippen LogP contribution is -2.37. The summed E-state index contributed by atoms with van der Waals surface area (Å²) in [5, 5.41) is 2.89. The van der Waals surface area contributed by atoms with Crippen molar-refractivity contribution in [1.29, 1.82) is 0 Å². The minimum atomic E-state index is -0.212. The van der Waals surface area contributed by atoms with Crippen LogP contribution in [0.5, 0.6) is 11.5 Å². The highest BCUT2D eigenvalue weighted by Crippen LogP contribution is 2.27. The molecule has 1 aromatic carbocycles. The highest BCUT2D eigenvalue weighted by Gasteiger charge is 2.17. The molecule has 144 valence electrons. The molecule has 0 unspecified atom stereocenters. The van der Waals surface area contributed by atoms with Gasteiger partial charge in [-0.1, -0.05) is 6.07 Å². The van der Waals surface area contributed by atoms with E-state index in [0.717, 1.165) is 18.7 Å². The van der Waals surface area contributed by atoms with Gasteiger partial charge in [0.15, 0.2) is 11.5 Å². The van der Waals surface area contributed by atoms with Crippen LogP contribution < -0.4 is 19.7 Å². The Morgan fingerprint density at radius 2 is 1.96 bits per heavy atom. The number of carbonyl (C=O) groups excluding carboxylic acids is 1. The topological polar surface area (TPSA) is 85.8 Å². The van der Waals surface area contributed by atoms with E-state index < -0.39 is 0 Å². The van der Waals surface area contributed by atoms with Gasteiger partial charge in [-0.15, -0.1) is 0 Å². The molecule has 1 aliphatic rings. The SMILES string of the molecule is COc1ccc(CNC(=O)c2cnc(N3CCOCC3)nc2C)cc1OC. The molecular formula is C19H24N4O4. The summed E-state index contributed by atoms with van der Waals surface area (Å²) in [4.78, 5) is 23.4. The Kier molecular flexibility index (Phi) is 6.08. The standard InChI is InChI=1S/C19H24N4O4/c1-13-15(12-21-19(22-13)23-6-8-27-9-7-23)18(24)20-11-14-4-5-16(25-2)17(10-14)26-3/h4-5,10,12H,6-9,11H2,1-3H3,(H,20,24). The molecule has 8 heteroatoms. The minimum Gasteiger partial charge on any atom is -0.493 e. The van der Waals surface area contributed by atoms with Crippen molar-refractivity contribution in [2.75, 3.05) is 45.4 Å². The van der Waals surface area contributed by atoms with Crippen LogP contribution in [-0.2, 0) is 11.3 Å². The summed E-state index contributed by atoms with van der Waals surface area (Å²) >= 11 is 0. The summed E-state index contributed by atoms with van der Waals surface area (Å²) in [5.74, 6) is 1.69. The van der Waals surface area contributed by atoms with Gasteiger partial charge < -0.3 is 24.4 Å². The maximum atomic E-state index is 12.5. The third-order valence-corrected chi connectivity index (χ3v) is 4.41. The number of hydrogen-bond donors (Lipinski definition) is 1. The first-order valence-electron chi connectivity index (χ1n) is 8.78. The van der Waals surface area contributed by atoms with E-state index in [1.165, 1.54) is 0 Å². The van der Waals surface area contributed by atoms with Crippen molar-refractivity contribution in [2.24, 2.45) is 0 Å². The first-order chi connectivity index (χ1) is 13.1. The van der Waals surface area contributed by atoms with Gasteiger partial charge in [0.2, 0.25) is 5.95 Å². The van der Waals surface area contributed by atoms with Crippen molar-refractivity contribution >= 4 is 11.9 Å². The number of aromatic nitrogens is 2. The molecule has 1 N–H and O–H groups in total. The molecule has 1 amide bonds. The molecule has 2 aromatic rings. The van der Waals surface area contributed by atoms with Crippen molar-refractivity contribution in [3.63, 3.8) is 0 Å². The molecule has 0 atom stereocenters. The Balaban J connectivity index is 1.65. The van der Waals surface area contributed by atoms with Crippen LogP contribution in [0.25, 0.3) is 0 Å². The average Bonchev–Trinajstić information content (AvgIpc) is 2.72. The van der Waals surface area contributed by atoms with Crippen LogP contribution in [0.2, 0.25) is 0 Å². The number of benzene rings is 1. The maximum Gasteiger partial charge on any atom is 0.254 e. The number of aryl methyl sites for hydroxylation is 1. The summed E-state index contributed by atoms with van der Waals surface area (Å²) in [5.41, 5.74) is 2.02. The normalized spacial score (nSPS) is 14.0. The van der Waals surface area contributed by atoms with E-state index in [-0.39, 0.29) is 5.91 Å². The smallest absolute Gasteiger partial charge is 0.254 e. The predicted molar refractivity (Wildman–Crippen MR) is 101 cm³/mol. The lowest BCUT2D eigenvalue weighted by Gasteiger charge is -2.27. The van der Waals surface area contributed by atoms with Crippen molar-refractivity contribution in [3.8, 4) is 11.5 Å². The van der Waals surface area contributed by atoms with Crippen molar-refractivity contribution in [3.05, 3.63) is 41.2 Å². The van der Waals surface area contributed by atoms with Crippen LogP contribution in [0, 0.1) is 6.92 Å². The highest BCUT2D eigenvalue weighted by atomic mass is 16.5. The number of anilines is 1. The van der Waals surface area contributed by atoms with Crippen molar-refractivity contribution < 1.29 is 19.0 Å². The average molecular weight is 372 g/mol. The van der Waals surface area contributed by atoms with Crippen LogP contribution in [0.3, 0.4) is 0 Å². The molecule has 27 heavy (non-hydrogen) atoms. The first kappa shape index (κ1) is 18.9. The molecule has 0 bridgehead atoms. The van der Waals surface area contributed by atoms with E-state index in [1.54, 1.807) is 20.4 Å². The summed E-state index contributed by atoms with van der Waals surface area (Å²) < 4.78 is 15.8. The zero-order valence-corrected chi connectivity index (χ0v) is 15.8. The number of methoxy groups -OCH3 is 2. The Hall–Kier alpha value is -2.87. The highest BCUT2D eigenvalue weighted by molar-refractivity contribution is 5.94. The fourth-order valence-electron chi connectivity index (χ4n) is 2.86. The van der Waals surface area contributed by atoms with Crippen LogP contribution >= 0.6 is 0 Å². The molecule has 0 aliphatic carbocycles. The largest absolute Gasteiger partial charge is 0.493 e. The number of nitrogens with one attached hydrogen (secondary N) is 1. The molecular weight excluding hydrogens is 348 g/mol. The second-order valence-corrected chi connectivity index (χ2v) is 6.14. The van der Waals surface area contributed by atoms with E-state index in [1.807, 2.05) is 25.1 Å². The molecule has 8 nitrogen and oxygen atoms in total. The van der Waals surface area contributed by atoms with Gasteiger partial charge in [0, 0.05) is 25.8 Å². The van der Waals surface area contributed by atoms with E-state index in [2.05, 4.69) is 20.2 Å². The number of carbonyl (C=O) groups is 1. The lowest BCUT2D eigenvalue weighted by atomic mass is 10.2. The number of ether oxygens (including phenoxy) is 3. The lowest BCUT2D eigenvalue weighted by molar-refractivity contribution is 0.0949. The van der Waals surface area contributed by atoms with Gasteiger partial charge in [-0.3, -0.25) is 4.79 Å². The Bertz CT molecular complexity index is 806. The maximum absolute atomic E-state index is 12.5. The van der Waals surface area contributed by atoms with Gasteiger partial charge in [-0.2, -0.15) is 0 Å². The Morgan fingerprint density at radius 3 is 2.63 bits per heavy atom. The minimum absolute atomic E-state index is 0.212. The Labute approximate surface area is 158 Å². The number of nitrogens with zero attached hydrogens (tertiary/aromatic N) is 3. The van der Waals surface area contributed by atoms with Gasteiger partial charge in [-0.05, 0) is 24.6 Å². The fourth-order valence-corrected chi connectivity index (χ4v) is 2.86. The second kappa shape index (κ2) is 8.68. The van der Waals surface area contributed by atoms with Gasteiger partial charge in [0.05, 0.1) is 38.7 Å². The van der Waals surface area contributed by atoms with Crippen LogP contribution in [0.1, 0.15) is 21.6 Å². The van der Waals surface area contributed by atoms with Crippen molar-refractivity contribution in [1.82, 2.24) is 15.3 Å². The number of morpholine rings is 1. The zero-order valence-electron chi connectivity index (χ0n) is 15.8. The van der Waals surface area contributed by atoms with E-state index in [4.69, 9.17) is 14.2 Å². The zero-order chi connectivity index (χ0) is 19.2. The second-order valence-electron chi connectivity index (χ2n) is 6.14. The first-order valence-corrected chi connectivity index (χ1v) is 8.78. The van der Waals surface area contributed by atoms with Gasteiger partial charge in [-0.25, -0.2) is 9.97 Å². The quantitative estimate of drug-likeness (QED) is 0.824. The Morgan fingerprint density at radius 1 is 1.22 bits per heavy atom. The van der Waals surface area contributed by atoms with E-state index >= 15 is 0 Å². The number of rotatable bonds is 6. The third-order valence-electron chi connectivity index (χ3n) is 4.41. The molecule has 2 heterocycles. The van der Waals surface area contributed by atoms with Gasteiger partial charge in [0.25, 0.3) is 5.91 Å². The van der Waals surface area contributed by atoms with Crippen LogP contribution in [0.15, 0.2) is 24.4 Å². The third kappa shape index (κ3) is 4.46. The van der Waals surface area contributed by atoms with Crippen molar-refractivity contribution in [2.45, 2.75) is 13.5 Å². The number of hydrogen-bond acceptors (Lipinski definition) is 7. The van der Waals surface area contributed by atoms with Gasteiger partial charge in [0.1, 0.15) is 0 Å². The fraction of sp³-hybridized carbons (Fsp3) is 0.421. The van der Waals surface area contributed by atoms with Gasteiger partial charge >= 0.3 is 0 Å². The van der Waals surface area contributed by atoms with E-state index in [0.29, 0.717) is 48.5 Å². The molecule has 0 spiro atoms. The van der Waals surface area contributed by atoms with E-state index in [9.17, 15) is 4.79 Å². The predicted octanol–water partition coefficient (Wildman–Crippen LogP) is 1.57. The van der Waals surface area contributed by atoms with Crippen LogP contribution in [0.4, 0.5) is 5.95 Å². The van der Waals surface area contributed by atoms with Crippen LogP contribution in [-0.4, -0.2) is 56.4 Å². The summed E-state index contributed by atoms with van der Waals surface area (Å²) in [6.07, 6.45) is 1.58. The molecule has 0 saturated carbocycles. The molecule has 0 radical (unpaired) electrons. The molecule has 3 rings (SSSR count). The summed E-state index contributed by atoms with van der Waals surface area (Å²) in [7, 11) is 3.17. The molecule has 1 aliphatic heterocycles. The summed E-state index contributed by atoms with van der Waals surface area (Å²) in [6.45, 7) is 5.02.